The minimum atomic E-state index is -4.97. The van der Waals surface area contributed by atoms with Gasteiger partial charge in [0.2, 0.25) is 0 Å². The van der Waals surface area contributed by atoms with Crippen molar-refractivity contribution in [2.45, 2.75) is 497 Å². The highest BCUT2D eigenvalue weighted by Crippen LogP contribution is 2.45. The van der Waals surface area contributed by atoms with Gasteiger partial charge in [0.05, 0.1) is 26.4 Å². The molecule has 0 saturated heterocycles. The van der Waals surface area contributed by atoms with Gasteiger partial charge in [0.1, 0.15) is 19.3 Å². The van der Waals surface area contributed by atoms with Gasteiger partial charge in [0, 0.05) is 25.7 Å². The Hall–Kier alpha value is -1.94. The van der Waals surface area contributed by atoms with Crippen molar-refractivity contribution in [2.75, 3.05) is 39.6 Å². The lowest BCUT2D eigenvalue weighted by Gasteiger charge is -2.21. The van der Waals surface area contributed by atoms with E-state index in [0.717, 1.165) is 108 Å². The summed E-state index contributed by atoms with van der Waals surface area (Å²) in [5.74, 6) is 0.278. The fraction of sp³-hybridized carbons (Fsp3) is 0.956. The summed E-state index contributed by atoms with van der Waals surface area (Å²) < 4.78 is 69.1. The summed E-state index contributed by atoms with van der Waals surface area (Å²) in [6.07, 6.45) is 72.2. The zero-order valence-corrected chi connectivity index (χ0v) is 73.8. The first-order chi connectivity index (χ1) is 52.8. The van der Waals surface area contributed by atoms with Crippen molar-refractivity contribution in [2.24, 2.45) is 17.8 Å². The maximum absolute atomic E-state index is 13.2. The van der Waals surface area contributed by atoms with E-state index in [-0.39, 0.29) is 25.7 Å². The van der Waals surface area contributed by atoms with Crippen LogP contribution in [-0.2, 0) is 65.4 Å². The first-order valence-corrected chi connectivity index (χ1v) is 49.4. The highest BCUT2D eigenvalue weighted by Gasteiger charge is 2.31. The van der Waals surface area contributed by atoms with E-state index in [1.165, 1.54) is 289 Å². The van der Waals surface area contributed by atoms with Crippen LogP contribution in [0.3, 0.4) is 0 Å². The monoisotopic (exact) mass is 1590 g/mol. The first kappa shape index (κ1) is 107. The molecule has 0 aromatic rings. The highest BCUT2D eigenvalue weighted by molar-refractivity contribution is 7.47. The Kier molecular flexibility index (Phi) is 78.5. The minimum Gasteiger partial charge on any atom is -0.462 e. The fourth-order valence-electron chi connectivity index (χ4n) is 14.0. The molecule has 0 aliphatic heterocycles. The minimum absolute atomic E-state index is 0.107. The Morgan fingerprint density at radius 3 is 0.697 bits per heavy atom. The number of rotatable bonds is 88. The third kappa shape index (κ3) is 82.4. The van der Waals surface area contributed by atoms with Crippen molar-refractivity contribution in [3.63, 3.8) is 0 Å². The second kappa shape index (κ2) is 79.9. The van der Waals surface area contributed by atoms with Gasteiger partial charge in [-0.1, -0.05) is 427 Å². The number of phosphoric ester groups is 2. The Balaban J connectivity index is 5.25. The summed E-state index contributed by atoms with van der Waals surface area (Å²) in [5.41, 5.74) is 0. The molecule has 109 heavy (non-hydrogen) atoms. The van der Waals surface area contributed by atoms with Crippen LogP contribution in [0.15, 0.2) is 0 Å². The molecule has 6 atom stereocenters. The number of hydrogen-bond acceptors (Lipinski definition) is 15. The molecule has 19 heteroatoms. The predicted octanol–water partition coefficient (Wildman–Crippen LogP) is 27.6. The Morgan fingerprint density at radius 1 is 0.266 bits per heavy atom. The van der Waals surface area contributed by atoms with Gasteiger partial charge in [0.25, 0.3) is 0 Å². The van der Waals surface area contributed by atoms with Crippen molar-refractivity contribution >= 4 is 39.5 Å². The van der Waals surface area contributed by atoms with E-state index in [4.69, 9.17) is 37.0 Å². The summed E-state index contributed by atoms with van der Waals surface area (Å²) in [6, 6.07) is 0. The SMILES string of the molecule is CCCCCCCCCCCCCCCCCCCCCCCCC(=O)O[C@H](COC(=O)CCCCCCCCCCCCCCCCCC(C)C)COP(=O)(O)OC[C@@H](O)COP(=O)(O)OC[C@@H](COC(=O)CCCCCCCCCCC(C)CC)OC(=O)CCCCCCCCCCCCCCCCC(C)C. The summed E-state index contributed by atoms with van der Waals surface area (Å²) in [4.78, 5) is 73.4. The largest absolute Gasteiger partial charge is 0.472 e. The molecule has 0 radical (unpaired) electrons. The number of aliphatic hydroxyl groups excluding tert-OH is 1. The molecule has 0 saturated carbocycles. The van der Waals surface area contributed by atoms with Crippen LogP contribution in [0.1, 0.15) is 479 Å². The zero-order valence-electron chi connectivity index (χ0n) is 72.0. The molecule has 0 aliphatic rings. The van der Waals surface area contributed by atoms with E-state index in [0.29, 0.717) is 25.7 Å². The van der Waals surface area contributed by atoms with E-state index < -0.39 is 97.5 Å². The maximum atomic E-state index is 13.2. The normalized spacial score (nSPS) is 14.1. The number of hydrogen-bond donors (Lipinski definition) is 3. The summed E-state index contributed by atoms with van der Waals surface area (Å²) in [7, 11) is -9.94. The standard InChI is InChI=1S/C90H176O17P2/c1-8-10-11-12-13-14-15-16-17-18-19-20-21-22-23-26-33-38-43-52-59-66-73-89(94)106-85(77-100-87(92)71-64-57-50-42-37-32-27-24-25-30-35-40-47-54-61-68-81(3)4)79-104-108(96,97)102-75-84(91)76-103-109(98,99)105-80-86(78-101-88(93)72-65-58-51-46-45-49-56-63-70-83(7)9-2)107-90(95)74-67-60-53-44-39-34-29-28-31-36-41-48-55-62-69-82(5)6/h81-86,91H,8-80H2,1-7H3,(H,96,97)(H,98,99)/t83?,84-,85-,86-/m1/s1. The van der Waals surface area contributed by atoms with Crippen LogP contribution in [-0.4, -0.2) is 96.7 Å². The average molecular weight is 1590 g/mol. The van der Waals surface area contributed by atoms with Gasteiger partial charge < -0.3 is 33.8 Å². The molecule has 648 valence electrons. The molecule has 0 spiro atoms. The second-order valence-electron chi connectivity index (χ2n) is 33.5. The molecule has 0 aromatic heterocycles. The Labute approximate surface area is 670 Å². The van der Waals surface area contributed by atoms with Gasteiger partial charge in [-0.05, 0) is 43.4 Å². The zero-order chi connectivity index (χ0) is 80.0. The number of phosphoric acid groups is 2. The molecule has 0 rings (SSSR count). The molecule has 0 amide bonds. The highest BCUT2D eigenvalue weighted by atomic mass is 31.2. The molecule has 0 aliphatic carbocycles. The van der Waals surface area contributed by atoms with Gasteiger partial charge in [-0.25, -0.2) is 9.13 Å². The molecular weight excluding hydrogens is 1410 g/mol. The van der Waals surface area contributed by atoms with Crippen LogP contribution in [0.5, 0.6) is 0 Å². The van der Waals surface area contributed by atoms with E-state index in [2.05, 4.69) is 48.5 Å². The van der Waals surface area contributed by atoms with Crippen molar-refractivity contribution < 1.29 is 80.2 Å². The number of carbonyl (C=O) groups excluding carboxylic acids is 4. The quantitative estimate of drug-likeness (QED) is 0.0222. The van der Waals surface area contributed by atoms with E-state index >= 15 is 0 Å². The lowest BCUT2D eigenvalue weighted by atomic mass is 9.99. The van der Waals surface area contributed by atoms with Crippen molar-refractivity contribution in [3.05, 3.63) is 0 Å². The predicted molar refractivity (Wildman–Crippen MR) is 451 cm³/mol. The smallest absolute Gasteiger partial charge is 0.462 e. The van der Waals surface area contributed by atoms with Crippen LogP contribution in [0.2, 0.25) is 0 Å². The number of ether oxygens (including phenoxy) is 4. The lowest BCUT2D eigenvalue weighted by molar-refractivity contribution is -0.161. The molecule has 3 unspecified atom stereocenters. The van der Waals surface area contributed by atoms with Gasteiger partial charge in [0.15, 0.2) is 12.2 Å². The third-order valence-electron chi connectivity index (χ3n) is 21.5. The number of aliphatic hydroxyl groups is 1. The van der Waals surface area contributed by atoms with Gasteiger partial charge in [-0.3, -0.25) is 37.3 Å². The lowest BCUT2D eigenvalue weighted by Crippen LogP contribution is -2.30. The molecule has 0 aromatic carbocycles. The van der Waals surface area contributed by atoms with Gasteiger partial charge in [-0.15, -0.1) is 0 Å². The van der Waals surface area contributed by atoms with Crippen LogP contribution < -0.4 is 0 Å². The van der Waals surface area contributed by atoms with Crippen molar-refractivity contribution in [1.29, 1.82) is 0 Å². The number of carbonyl (C=O) groups is 4. The summed E-state index contributed by atoms with van der Waals surface area (Å²) in [6.45, 7) is 12.1. The van der Waals surface area contributed by atoms with E-state index in [1.54, 1.807) is 0 Å². The average Bonchev–Trinajstić information content (AvgIpc) is 0.898. The maximum Gasteiger partial charge on any atom is 0.472 e. The molecule has 3 N–H and O–H groups in total. The van der Waals surface area contributed by atoms with E-state index in [9.17, 15) is 43.2 Å². The Bertz CT molecular complexity index is 2100. The third-order valence-corrected chi connectivity index (χ3v) is 23.4. The van der Waals surface area contributed by atoms with Crippen LogP contribution in [0, 0.1) is 17.8 Å². The van der Waals surface area contributed by atoms with Gasteiger partial charge >= 0.3 is 39.5 Å². The van der Waals surface area contributed by atoms with Crippen LogP contribution in [0.25, 0.3) is 0 Å². The second-order valence-corrected chi connectivity index (χ2v) is 36.4. The molecular formula is C90H176O17P2. The Morgan fingerprint density at radius 2 is 0.468 bits per heavy atom. The summed E-state index contributed by atoms with van der Waals surface area (Å²) >= 11 is 0. The topological polar surface area (TPSA) is 237 Å². The molecule has 0 heterocycles. The van der Waals surface area contributed by atoms with Crippen LogP contribution in [0.4, 0.5) is 0 Å². The number of esters is 4. The first-order valence-electron chi connectivity index (χ1n) is 46.4. The number of unbranched alkanes of at least 4 members (excludes halogenated alkanes) is 55. The molecule has 17 nitrogen and oxygen atoms in total. The fourth-order valence-corrected chi connectivity index (χ4v) is 15.6. The van der Waals surface area contributed by atoms with Crippen molar-refractivity contribution in [3.8, 4) is 0 Å². The van der Waals surface area contributed by atoms with Crippen LogP contribution >= 0.6 is 15.6 Å². The van der Waals surface area contributed by atoms with Crippen molar-refractivity contribution in [1.82, 2.24) is 0 Å². The molecule has 0 fully saturated rings. The molecule has 0 bridgehead atoms. The summed E-state index contributed by atoms with van der Waals surface area (Å²) in [5, 5.41) is 10.7. The van der Waals surface area contributed by atoms with E-state index in [1.807, 2.05) is 0 Å². The van der Waals surface area contributed by atoms with Gasteiger partial charge in [-0.2, -0.15) is 0 Å².